The standard InChI is InChI=1S/C22H17BrO2/c23-14-15-6-8-18(9-7-15)20(24)22-21(25-22)19-12-10-17(11-13-19)16-4-2-1-3-5-16/h1-13,21-22H,14H2. The van der Waals surface area contributed by atoms with Crippen molar-refractivity contribution in [3.63, 3.8) is 0 Å². The van der Waals surface area contributed by atoms with Gasteiger partial charge in [-0.1, -0.05) is 94.8 Å². The Morgan fingerprint density at radius 1 is 0.840 bits per heavy atom. The molecule has 124 valence electrons. The second-order valence-electron chi connectivity index (χ2n) is 6.16. The third-order valence-corrected chi connectivity index (χ3v) is 5.14. The summed E-state index contributed by atoms with van der Waals surface area (Å²) in [6.45, 7) is 0. The van der Waals surface area contributed by atoms with Crippen molar-refractivity contribution in [1.82, 2.24) is 0 Å². The molecule has 1 saturated heterocycles. The normalized spacial score (nSPS) is 18.8. The van der Waals surface area contributed by atoms with Gasteiger partial charge in [-0.2, -0.15) is 0 Å². The van der Waals surface area contributed by atoms with Gasteiger partial charge in [0.05, 0.1) is 0 Å². The molecule has 1 fully saturated rings. The number of carbonyl (C=O) groups is 1. The minimum absolute atomic E-state index is 0.0539. The number of Topliss-reactive ketones (excluding diaryl/α,β-unsaturated/α-hetero) is 1. The summed E-state index contributed by atoms with van der Waals surface area (Å²) < 4.78 is 5.66. The third kappa shape index (κ3) is 3.44. The number of ketones is 1. The molecule has 25 heavy (non-hydrogen) atoms. The minimum Gasteiger partial charge on any atom is -0.356 e. The van der Waals surface area contributed by atoms with Crippen molar-refractivity contribution in [1.29, 1.82) is 0 Å². The molecule has 0 aliphatic carbocycles. The van der Waals surface area contributed by atoms with E-state index >= 15 is 0 Å². The van der Waals surface area contributed by atoms with Crippen molar-refractivity contribution in [2.24, 2.45) is 0 Å². The number of rotatable bonds is 5. The fourth-order valence-electron chi connectivity index (χ4n) is 2.98. The number of ether oxygens (including phenoxy) is 1. The maximum Gasteiger partial charge on any atom is 0.194 e. The fraction of sp³-hybridized carbons (Fsp3) is 0.136. The molecule has 0 bridgehead atoms. The highest BCUT2D eigenvalue weighted by Crippen LogP contribution is 2.41. The number of hydrogen-bond acceptors (Lipinski definition) is 2. The van der Waals surface area contributed by atoms with Crippen molar-refractivity contribution in [3.8, 4) is 11.1 Å². The molecule has 2 nitrogen and oxygen atoms in total. The highest BCUT2D eigenvalue weighted by molar-refractivity contribution is 9.08. The lowest BCUT2D eigenvalue weighted by Crippen LogP contribution is -2.08. The van der Waals surface area contributed by atoms with Crippen LogP contribution in [0.5, 0.6) is 0 Å². The third-order valence-electron chi connectivity index (χ3n) is 4.49. The van der Waals surface area contributed by atoms with Crippen LogP contribution in [0, 0.1) is 0 Å². The first-order valence-corrected chi connectivity index (χ1v) is 9.38. The zero-order valence-electron chi connectivity index (χ0n) is 13.6. The number of halogens is 1. The zero-order chi connectivity index (χ0) is 17.2. The van der Waals surface area contributed by atoms with E-state index in [-0.39, 0.29) is 18.0 Å². The van der Waals surface area contributed by atoms with Gasteiger partial charge in [0, 0.05) is 10.9 Å². The van der Waals surface area contributed by atoms with Gasteiger partial charge >= 0.3 is 0 Å². The summed E-state index contributed by atoms with van der Waals surface area (Å²) in [5.74, 6) is 0.0539. The molecule has 0 saturated carbocycles. The van der Waals surface area contributed by atoms with Crippen LogP contribution in [-0.4, -0.2) is 11.9 Å². The van der Waals surface area contributed by atoms with Crippen LogP contribution in [0.4, 0.5) is 0 Å². The monoisotopic (exact) mass is 392 g/mol. The zero-order valence-corrected chi connectivity index (χ0v) is 15.1. The molecular weight excluding hydrogens is 376 g/mol. The second kappa shape index (κ2) is 6.95. The second-order valence-corrected chi connectivity index (χ2v) is 6.72. The van der Waals surface area contributed by atoms with Crippen LogP contribution in [0.1, 0.15) is 27.6 Å². The van der Waals surface area contributed by atoms with Crippen LogP contribution in [0.15, 0.2) is 78.9 Å². The lowest BCUT2D eigenvalue weighted by atomic mass is 9.99. The van der Waals surface area contributed by atoms with Crippen molar-refractivity contribution in [2.45, 2.75) is 17.5 Å². The molecule has 0 radical (unpaired) electrons. The Hall–Kier alpha value is -2.23. The summed E-state index contributed by atoms with van der Waals surface area (Å²) in [5, 5.41) is 0.789. The Morgan fingerprint density at radius 3 is 2.12 bits per heavy atom. The number of alkyl halides is 1. The van der Waals surface area contributed by atoms with E-state index in [0.29, 0.717) is 5.56 Å². The molecule has 3 aromatic rings. The Kier molecular flexibility index (Phi) is 4.51. The van der Waals surface area contributed by atoms with Gasteiger partial charge in [-0.15, -0.1) is 0 Å². The summed E-state index contributed by atoms with van der Waals surface area (Å²) in [6, 6.07) is 26.2. The quantitative estimate of drug-likeness (QED) is 0.322. The molecule has 0 N–H and O–H groups in total. The first kappa shape index (κ1) is 16.2. The van der Waals surface area contributed by atoms with Crippen LogP contribution in [0.3, 0.4) is 0 Å². The Labute approximate surface area is 155 Å². The molecule has 1 aliphatic rings. The molecule has 3 aromatic carbocycles. The van der Waals surface area contributed by atoms with Crippen LogP contribution in [-0.2, 0) is 10.1 Å². The van der Waals surface area contributed by atoms with E-state index in [0.717, 1.165) is 16.5 Å². The molecule has 0 spiro atoms. The lowest BCUT2D eigenvalue weighted by molar-refractivity contribution is 0.0953. The Bertz CT molecular complexity index is 870. The van der Waals surface area contributed by atoms with Crippen molar-refractivity contribution < 1.29 is 9.53 Å². The molecule has 2 atom stereocenters. The van der Waals surface area contributed by atoms with E-state index in [2.05, 4.69) is 40.2 Å². The Morgan fingerprint density at radius 2 is 1.48 bits per heavy atom. The van der Waals surface area contributed by atoms with Crippen molar-refractivity contribution in [2.75, 3.05) is 0 Å². The SMILES string of the molecule is O=C(c1ccc(CBr)cc1)C1OC1c1ccc(-c2ccccc2)cc1. The van der Waals surface area contributed by atoms with Gasteiger partial charge in [0.2, 0.25) is 0 Å². The van der Waals surface area contributed by atoms with Gasteiger partial charge in [0.1, 0.15) is 6.10 Å². The molecule has 4 rings (SSSR count). The Balaban J connectivity index is 1.46. The summed E-state index contributed by atoms with van der Waals surface area (Å²) >= 11 is 3.41. The number of benzene rings is 3. The smallest absolute Gasteiger partial charge is 0.194 e. The fourth-order valence-corrected chi connectivity index (χ4v) is 3.36. The van der Waals surface area contributed by atoms with Gasteiger partial charge in [0.25, 0.3) is 0 Å². The van der Waals surface area contributed by atoms with E-state index in [1.165, 1.54) is 11.1 Å². The first-order chi connectivity index (χ1) is 12.3. The molecule has 3 heteroatoms. The molecular formula is C22H17BrO2. The number of carbonyl (C=O) groups excluding carboxylic acids is 1. The van der Waals surface area contributed by atoms with E-state index in [1.54, 1.807) is 0 Å². The molecule has 1 heterocycles. The molecule has 1 aliphatic heterocycles. The molecule has 0 aromatic heterocycles. The maximum absolute atomic E-state index is 12.5. The average Bonchev–Trinajstić information content (AvgIpc) is 3.49. The van der Waals surface area contributed by atoms with Crippen molar-refractivity contribution >= 4 is 21.7 Å². The predicted octanol–water partition coefficient (Wildman–Crippen LogP) is 5.57. The van der Waals surface area contributed by atoms with Crippen molar-refractivity contribution in [3.05, 3.63) is 95.6 Å². The van der Waals surface area contributed by atoms with Gasteiger partial charge < -0.3 is 4.74 Å². The van der Waals surface area contributed by atoms with Gasteiger partial charge in [-0.3, -0.25) is 4.79 Å². The van der Waals surface area contributed by atoms with Crippen LogP contribution in [0.25, 0.3) is 11.1 Å². The average molecular weight is 393 g/mol. The van der Waals surface area contributed by atoms with E-state index < -0.39 is 0 Å². The van der Waals surface area contributed by atoms with Gasteiger partial charge in [0.15, 0.2) is 11.9 Å². The van der Waals surface area contributed by atoms with Crippen LogP contribution in [0.2, 0.25) is 0 Å². The van der Waals surface area contributed by atoms with Crippen LogP contribution >= 0.6 is 15.9 Å². The topological polar surface area (TPSA) is 29.6 Å². The minimum atomic E-state index is -0.364. The van der Waals surface area contributed by atoms with E-state index in [1.807, 2.05) is 54.6 Å². The van der Waals surface area contributed by atoms with Gasteiger partial charge in [-0.25, -0.2) is 0 Å². The summed E-state index contributed by atoms with van der Waals surface area (Å²) in [5.41, 5.74) is 5.26. The van der Waals surface area contributed by atoms with E-state index in [4.69, 9.17) is 4.74 Å². The summed E-state index contributed by atoms with van der Waals surface area (Å²) in [7, 11) is 0. The largest absolute Gasteiger partial charge is 0.356 e. The van der Waals surface area contributed by atoms with Crippen LogP contribution < -0.4 is 0 Å². The first-order valence-electron chi connectivity index (χ1n) is 8.26. The number of hydrogen-bond donors (Lipinski definition) is 0. The van der Waals surface area contributed by atoms with Gasteiger partial charge in [-0.05, 0) is 22.3 Å². The predicted molar refractivity (Wildman–Crippen MR) is 103 cm³/mol. The number of epoxide rings is 1. The lowest BCUT2D eigenvalue weighted by Gasteiger charge is -2.03. The summed E-state index contributed by atoms with van der Waals surface area (Å²) in [4.78, 5) is 12.5. The maximum atomic E-state index is 12.5. The molecule has 0 amide bonds. The van der Waals surface area contributed by atoms with E-state index in [9.17, 15) is 4.79 Å². The summed E-state index contributed by atoms with van der Waals surface area (Å²) in [6.07, 6.45) is -0.495. The molecule has 2 unspecified atom stereocenters. The highest BCUT2D eigenvalue weighted by Gasteiger charge is 2.46. The highest BCUT2D eigenvalue weighted by atomic mass is 79.9.